The Morgan fingerprint density at radius 2 is 2.10 bits per heavy atom. The molecule has 1 aliphatic heterocycles. The van der Waals surface area contributed by atoms with E-state index in [4.69, 9.17) is 4.74 Å². The molecule has 2 fully saturated rings. The number of urea groups is 1. The highest BCUT2D eigenvalue weighted by molar-refractivity contribution is 5.89. The standard InChI is InChI=1S/C20H25F2N5O3/c21-13-3-5-15(22)17(9-13)24-20(29)23-16-6-4-14(30-19(16)11-28)7-8-27-10-18(25-26-27)12-1-2-12/h3,5,9-10,12,14,16,19,28H,1-2,4,6-8,11H2,(H2,23,24,29)/t14-,16+,19-/m1/s1. The summed E-state index contributed by atoms with van der Waals surface area (Å²) in [7, 11) is 0. The largest absolute Gasteiger partial charge is 0.394 e. The van der Waals surface area contributed by atoms with Gasteiger partial charge < -0.3 is 20.5 Å². The van der Waals surface area contributed by atoms with Gasteiger partial charge in [0.05, 0.1) is 30.1 Å². The fourth-order valence-electron chi connectivity index (χ4n) is 3.69. The topological polar surface area (TPSA) is 101 Å². The number of aliphatic hydroxyl groups excluding tert-OH is 1. The zero-order chi connectivity index (χ0) is 21.1. The van der Waals surface area contributed by atoms with Crippen molar-refractivity contribution in [2.24, 2.45) is 0 Å². The van der Waals surface area contributed by atoms with Gasteiger partial charge in [-0.15, -0.1) is 5.10 Å². The Labute approximate surface area is 172 Å². The molecule has 1 aromatic carbocycles. The molecule has 1 aromatic heterocycles. The van der Waals surface area contributed by atoms with Crippen LogP contribution in [-0.4, -0.2) is 51.0 Å². The van der Waals surface area contributed by atoms with Crippen molar-refractivity contribution in [2.75, 3.05) is 11.9 Å². The van der Waals surface area contributed by atoms with Gasteiger partial charge in [-0.05, 0) is 44.2 Å². The van der Waals surface area contributed by atoms with Crippen LogP contribution in [0.3, 0.4) is 0 Å². The SMILES string of the molecule is O=C(Nc1cc(F)ccc1F)N[C@H]1CC[C@H](CCn2cc(C3CC3)nn2)O[C@@H]1CO. The molecule has 2 aliphatic rings. The first-order valence-electron chi connectivity index (χ1n) is 10.2. The molecule has 3 N–H and O–H groups in total. The summed E-state index contributed by atoms with van der Waals surface area (Å²) in [5.74, 6) is -0.828. The van der Waals surface area contributed by atoms with Crippen LogP contribution >= 0.6 is 0 Å². The van der Waals surface area contributed by atoms with Gasteiger partial charge in [-0.2, -0.15) is 0 Å². The van der Waals surface area contributed by atoms with Crippen LogP contribution in [0.5, 0.6) is 0 Å². The molecule has 4 rings (SSSR count). The Kier molecular flexibility index (Phi) is 6.24. The normalized spacial score (nSPS) is 23.9. The molecule has 0 bridgehead atoms. The second-order valence-electron chi connectivity index (χ2n) is 7.86. The number of rotatable bonds is 7. The second kappa shape index (κ2) is 9.05. The van der Waals surface area contributed by atoms with Crippen molar-refractivity contribution in [1.82, 2.24) is 20.3 Å². The van der Waals surface area contributed by atoms with E-state index in [1.54, 1.807) is 0 Å². The number of halogens is 2. The number of carbonyl (C=O) groups is 1. The monoisotopic (exact) mass is 421 g/mol. The molecule has 2 aromatic rings. The van der Waals surface area contributed by atoms with E-state index in [2.05, 4.69) is 20.9 Å². The van der Waals surface area contributed by atoms with Crippen LogP contribution in [0.1, 0.15) is 43.7 Å². The molecule has 1 saturated carbocycles. The fourth-order valence-corrected chi connectivity index (χ4v) is 3.69. The maximum absolute atomic E-state index is 13.7. The van der Waals surface area contributed by atoms with Gasteiger partial charge in [-0.1, -0.05) is 5.21 Å². The molecule has 1 aliphatic carbocycles. The third-order valence-corrected chi connectivity index (χ3v) is 5.52. The minimum Gasteiger partial charge on any atom is -0.394 e. The van der Waals surface area contributed by atoms with Crippen LogP contribution in [0.15, 0.2) is 24.4 Å². The first kappa shape index (κ1) is 20.7. The van der Waals surface area contributed by atoms with E-state index in [9.17, 15) is 18.7 Å². The molecule has 2 amide bonds. The van der Waals surface area contributed by atoms with E-state index in [1.165, 1.54) is 12.8 Å². The number of benzene rings is 1. The number of nitrogens with zero attached hydrogens (tertiary/aromatic N) is 3. The molecule has 30 heavy (non-hydrogen) atoms. The number of aryl methyl sites for hydroxylation is 1. The molecule has 162 valence electrons. The van der Waals surface area contributed by atoms with Crippen molar-refractivity contribution in [3.8, 4) is 0 Å². The van der Waals surface area contributed by atoms with Crippen LogP contribution in [0.25, 0.3) is 0 Å². The average Bonchev–Trinajstić information content (AvgIpc) is 3.48. The van der Waals surface area contributed by atoms with E-state index in [1.807, 2.05) is 10.9 Å². The Hall–Kier alpha value is -2.59. The lowest BCUT2D eigenvalue weighted by molar-refractivity contribution is -0.0905. The van der Waals surface area contributed by atoms with Crippen molar-refractivity contribution in [1.29, 1.82) is 0 Å². The molecule has 0 radical (unpaired) electrons. The maximum atomic E-state index is 13.7. The summed E-state index contributed by atoms with van der Waals surface area (Å²) in [6.45, 7) is 0.408. The van der Waals surface area contributed by atoms with Gasteiger partial charge in [-0.25, -0.2) is 13.6 Å². The van der Waals surface area contributed by atoms with Crippen molar-refractivity contribution < 1.29 is 23.4 Å². The summed E-state index contributed by atoms with van der Waals surface area (Å²) in [5.41, 5.74) is 0.791. The molecule has 10 heteroatoms. The highest BCUT2D eigenvalue weighted by atomic mass is 19.1. The number of aliphatic hydroxyl groups is 1. The number of hydrogen-bond donors (Lipinski definition) is 3. The Balaban J connectivity index is 1.26. The van der Waals surface area contributed by atoms with E-state index >= 15 is 0 Å². The van der Waals surface area contributed by atoms with Gasteiger partial charge in [0.15, 0.2) is 0 Å². The van der Waals surface area contributed by atoms with Gasteiger partial charge in [0.1, 0.15) is 17.7 Å². The quantitative estimate of drug-likeness (QED) is 0.638. The number of hydrogen-bond acceptors (Lipinski definition) is 5. The molecule has 3 atom stereocenters. The van der Waals surface area contributed by atoms with Crippen molar-refractivity contribution in [3.63, 3.8) is 0 Å². The highest BCUT2D eigenvalue weighted by Gasteiger charge is 2.32. The molecular formula is C20H25F2N5O3. The molecule has 8 nitrogen and oxygen atoms in total. The molecule has 0 unspecified atom stereocenters. The van der Waals surface area contributed by atoms with Crippen molar-refractivity contribution in [2.45, 2.75) is 62.8 Å². The average molecular weight is 421 g/mol. The van der Waals surface area contributed by atoms with Crippen LogP contribution in [0.2, 0.25) is 0 Å². The highest BCUT2D eigenvalue weighted by Crippen LogP contribution is 2.38. The van der Waals surface area contributed by atoms with Crippen molar-refractivity contribution in [3.05, 3.63) is 41.7 Å². The smallest absolute Gasteiger partial charge is 0.319 e. The lowest BCUT2D eigenvalue weighted by atomic mass is 9.97. The van der Waals surface area contributed by atoms with E-state index < -0.39 is 29.8 Å². The lowest BCUT2D eigenvalue weighted by Crippen LogP contribution is -2.52. The molecular weight excluding hydrogens is 396 g/mol. The Bertz CT molecular complexity index is 889. The third-order valence-electron chi connectivity index (χ3n) is 5.52. The summed E-state index contributed by atoms with van der Waals surface area (Å²) >= 11 is 0. The summed E-state index contributed by atoms with van der Waals surface area (Å²) in [5, 5.41) is 23.0. The number of aromatic nitrogens is 3. The van der Waals surface area contributed by atoms with E-state index in [-0.39, 0.29) is 18.4 Å². The van der Waals surface area contributed by atoms with Crippen LogP contribution < -0.4 is 10.6 Å². The minimum atomic E-state index is -0.733. The minimum absolute atomic E-state index is 0.0718. The summed E-state index contributed by atoms with van der Waals surface area (Å²) < 4.78 is 34.7. The first-order valence-corrected chi connectivity index (χ1v) is 10.2. The van der Waals surface area contributed by atoms with Crippen LogP contribution in [0, 0.1) is 11.6 Å². The summed E-state index contributed by atoms with van der Waals surface area (Å²) in [4.78, 5) is 12.2. The van der Waals surface area contributed by atoms with Gasteiger partial charge in [-0.3, -0.25) is 4.68 Å². The van der Waals surface area contributed by atoms with E-state index in [0.29, 0.717) is 25.3 Å². The van der Waals surface area contributed by atoms with Gasteiger partial charge in [0, 0.05) is 24.7 Å². The van der Waals surface area contributed by atoms with Crippen LogP contribution in [0.4, 0.5) is 19.3 Å². The van der Waals surface area contributed by atoms with Gasteiger partial charge >= 0.3 is 6.03 Å². The van der Waals surface area contributed by atoms with Crippen molar-refractivity contribution >= 4 is 11.7 Å². The second-order valence-corrected chi connectivity index (χ2v) is 7.86. The maximum Gasteiger partial charge on any atom is 0.319 e. The number of carbonyl (C=O) groups excluding carboxylic acids is 1. The zero-order valence-corrected chi connectivity index (χ0v) is 16.4. The zero-order valence-electron chi connectivity index (χ0n) is 16.4. The van der Waals surface area contributed by atoms with Gasteiger partial charge in [0.2, 0.25) is 0 Å². The summed E-state index contributed by atoms with van der Waals surface area (Å²) in [6, 6.07) is 1.71. The van der Waals surface area contributed by atoms with E-state index in [0.717, 1.165) is 30.3 Å². The Morgan fingerprint density at radius 3 is 2.87 bits per heavy atom. The molecule has 0 spiro atoms. The fraction of sp³-hybridized carbons (Fsp3) is 0.550. The predicted octanol–water partition coefficient (Wildman–Crippen LogP) is 2.55. The summed E-state index contributed by atoms with van der Waals surface area (Å²) in [6.07, 6.45) is 5.69. The number of anilines is 1. The first-order chi connectivity index (χ1) is 14.5. The van der Waals surface area contributed by atoms with Gasteiger partial charge in [0.25, 0.3) is 0 Å². The number of nitrogens with one attached hydrogen (secondary N) is 2. The number of ether oxygens (including phenoxy) is 1. The predicted molar refractivity (Wildman–Crippen MR) is 104 cm³/mol. The lowest BCUT2D eigenvalue weighted by Gasteiger charge is -2.36. The van der Waals surface area contributed by atoms with Crippen LogP contribution in [-0.2, 0) is 11.3 Å². The third kappa shape index (κ3) is 5.11. The molecule has 2 heterocycles. The number of amides is 2. The Morgan fingerprint density at radius 1 is 1.27 bits per heavy atom. The molecule has 1 saturated heterocycles.